The quantitative estimate of drug-likeness (QED) is 0.494. The smallest absolute Gasteiger partial charge is 0.110 e. The molecule has 2 aromatic carbocycles. The van der Waals surface area contributed by atoms with Gasteiger partial charge in [0.25, 0.3) is 0 Å². The Morgan fingerprint density at radius 1 is 0.839 bits per heavy atom. The van der Waals surface area contributed by atoms with E-state index >= 15 is 0 Å². The molecule has 164 valence electrons. The molecule has 0 radical (unpaired) electrons. The molecule has 5 rings (SSSR count). The molecule has 0 amide bonds. The second-order valence-corrected chi connectivity index (χ2v) is 10.4. The summed E-state index contributed by atoms with van der Waals surface area (Å²) in [4.78, 5) is 5.63. The van der Waals surface area contributed by atoms with E-state index in [9.17, 15) is 0 Å². The molecule has 2 nitrogen and oxygen atoms in total. The zero-order valence-electron chi connectivity index (χ0n) is 19.9. The van der Waals surface area contributed by atoms with E-state index in [1.165, 1.54) is 60.0 Å². The van der Waals surface area contributed by atoms with Crippen molar-refractivity contribution < 1.29 is 0 Å². The highest BCUT2D eigenvalue weighted by Gasteiger charge is 2.56. The zero-order valence-corrected chi connectivity index (χ0v) is 19.9. The Balaban J connectivity index is 1.69. The van der Waals surface area contributed by atoms with Gasteiger partial charge in [-0.05, 0) is 81.7 Å². The number of rotatable bonds is 3. The van der Waals surface area contributed by atoms with Gasteiger partial charge in [-0.1, -0.05) is 67.8 Å². The second kappa shape index (κ2) is 7.81. The Kier molecular flexibility index (Phi) is 5.25. The molecule has 0 spiro atoms. The van der Waals surface area contributed by atoms with Crippen LogP contribution in [0, 0.1) is 26.7 Å². The monoisotopic (exact) mass is 414 g/mol. The molecule has 2 heterocycles. The SMILES string of the molecule is Cc1ccccc1N1C(c2c(C)cccc2C)N2C(C=CC2(C)C2CCCCC2)[C@@H]1C. The van der Waals surface area contributed by atoms with Crippen molar-refractivity contribution in [1.29, 1.82) is 0 Å². The van der Waals surface area contributed by atoms with Gasteiger partial charge in [-0.15, -0.1) is 0 Å². The van der Waals surface area contributed by atoms with Gasteiger partial charge >= 0.3 is 0 Å². The van der Waals surface area contributed by atoms with Crippen molar-refractivity contribution in [2.75, 3.05) is 4.90 Å². The summed E-state index contributed by atoms with van der Waals surface area (Å²) in [5.74, 6) is 0.748. The minimum atomic E-state index is 0.121. The average Bonchev–Trinajstić information content (AvgIpc) is 3.26. The Hall–Kier alpha value is -2.06. The van der Waals surface area contributed by atoms with Crippen molar-refractivity contribution in [3.63, 3.8) is 0 Å². The zero-order chi connectivity index (χ0) is 21.8. The molecule has 2 heteroatoms. The lowest BCUT2D eigenvalue weighted by Gasteiger charge is -2.47. The summed E-state index contributed by atoms with van der Waals surface area (Å²) in [5, 5.41) is 0. The van der Waals surface area contributed by atoms with Gasteiger partial charge in [-0.25, -0.2) is 0 Å². The van der Waals surface area contributed by atoms with E-state index in [1.807, 2.05) is 0 Å². The van der Waals surface area contributed by atoms with Crippen LogP contribution in [0.4, 0.5) is 5.69 Å². The fraction of sp³-hybridized carbons (Fsp3) is 0.517. The first-order valence-corrected chi connectivity index (χ1v) is 12.3. The molecule has 3 unspecified atom stereocenters. The lowest BCUT2D eigenvalue weighted by molar-refractivity contribution is 0.0508. The van der Waals surface area contributed by atoms with Crippen molar-refractivity contribution in [2.45, 2.75) is 90.5 Å². The number of fused-ring (bicyclic) bond motifs is 1. The van der Waals surface area contributed by atoms with Gasteiger partial charge in [0, 0.05) is 17.3 Å². The van der Waals surface area contributed by atoms with Crippen molar-refractivity contribution in [1.82, 2.24) is 4.90 Å². The number of anilines is 1. The molecule has 2 aliphatic heterocycles. The van der Waals surface area contributed by atoms with Gasteiger partial charge < -0.3 is 4.90 Å². The number of aryl methyl sites for hydroxylation is 3. The lowest BCUT2D eigenvalue weighted by Crippen LogP contribution is -2.51. The van der Waals surface area contributed by atoms with Gasteiger partial charge in [0.15, 0.2) is 0 Å². The summed E-state index contributed by atoms with van der Waals surface area (Å²) in [5.41, 5.74) is 7.21. The van der Waals surface area contributed by atoms with Crippen LogP contribution in [0.3, 0.4) is 0 Å². The number of benzene rings is 2. The molecule has 0 bridgehead atoms. The molecule has 0 aromatic heterocycles. The Morgan fingerprint density at radius 3 is 2.16 bits per heavy atom. The largest absolute Gasteiger partial charge is 0.347 e. The molecule has 1 aliphatic carbocycles. The fourth-order valence-electron chi connectivity index (χ4n) is 6.89. The van der Waals surface area contributed by atoms with Crippen LogP contribution < -0.4 is 4.90 Å². The predicted octanol–water partition coefficient (Wildman–Crippen LogP) is 7.10. The summed E-state index contributed by atoms with van der Waals surface area (Å²) in [7, 11) is 0. The van der Waals surface area contributed by atoms with Crippen LogP contribution in [0.2, 0.25) is 0 Å². The number of hydrogen-bond acceptors (Lipinski definition) is 2. The average molecular weight is 415 g/mol. The third kappa shape index (κ3) is 3.18. The van der Waals surface area contributed by atoms with E-state index in [1.54, 1.807) is 0 Å². The molecule has 1 saturated carbocycles. The van der Waals surface area contributed by atoms with Crippen molar-refractivity contribution in [3.8, 4) is 0 Å². The van der Waals surface area contributed by atoms with Crippen LogP contribution in [-0.4, -0.2) is 22.5 Å². The van der Waals surface area contributed by atoms with Gasteiger partial charge in [0.05, 0.1) is 6.04 Å². The molecule has 2 aromatic rings. The van der Waals surface area contributed by atoms with E-state index in [4.69, 9.17) is 0 Å². The summed E-state index contributed by atoms with van der Waals surface area (Å²) in [6.07, 6.45) is 12.3. The molecule has 3 aliphatic rings. The van der Waals surface area contributed by atoms with Crippen LogP contribution in [0.5, 0.6) is 0 Å². The lowest BCUT2D eigenvalue weighted by atomic mass is 9.75. The molecule has 0 N–H and O–H groups in total. The minimum Gasteiger partial charge on any atom is -0.347 e. The highest BCUT2D eigenvalue weighted by Crippen LogP contribution is 2.54. The number of hydrogen-bond donors (Lipinski definition) is 0. The topological polar surface area (TPSA) is 6.48 Å². The molecule has 1 saturated heterocycles. The van der Waals surface area contributed by atoms with Gasteiger partial charge in [0.2, 0.25) is 0 Å². The summed E-state index contributed by atoms with van der Waals surface area (Å²) in [6.45, 7) is 11.8. The van der Waals surface area contributed by atoms with Crippen LogP contribution in [-0.2, 0) is 0 Å². The molecular formula is C29H38N2. The van der Waals surface area contributed by atoms with Crippen molar-refractivity contribution in [3.05, 3.63) is 76.9 Å². The Labute approximate surface area is 189 Å². The summed E-state index contributed by atoms with van der Waals surface area (Å²) in [6, 6.07) is 16.7. The molecule has 2 fully saturated rings. The second-order valence-electron chi connectivity index (χ2n) is 10.4. The van der Waals surface area contributed by atoms with Crippen LogP contribution >= 0.6 is 0 Å². The van der Waals surface area contributed by atoms with Crippen LogP contribution in [0.15, 0.2) is 54.6 Å². The third-order valence-electron chi connectivity index (χ3n) is 8.59. The van der Waals surface area contributed by atoms with E-state index in [-0.39, 0.29) is 11.7 Å². The van der Waals surface area contributed by atoms with E-state index < -0.39 is 0 Å². The first-order chi connectivity index (χ1) is 14.9. The van der Waals surface area contributed by atoms with Gasteiger partial charge in [0.1, 0.15) is 6.17 Å². The summed E-state index contributed by atoms with van der Waals surface area (Å²) >= 11 is 0. The normalized spacial score (nSPS) is 31.4. The highest BCUT2D eigenvalue weighted by atomic mass is 15.5. The Morgan fingerprint density at radius 2 is 1.48 bits per heavy atom. The standard InChI is InChI=1S/C29H38N2/c1-20-12-9-10-17-25(20)30-23(4)26-18-19-29(5,24-15-7-6-8-16-24)31(26)28(30)27-21(2)13-11-14-22(27)3/h9-14,17-19,23-24,26,28H,6-8,15-16H2,1-5H3/t23-,26?,28?,29?/m0/s1. The van der Waals surface area contributed by atoms with Crippen LogP contribution in [0.25, 0.3) is 0 Å². The molecular weight excluding hydrogens is 376 g/mol. The molecule has 31 heavy (non-hydrogen) atoms. The van der Waals surface area contributed by atoms with Crippen molar-refractivity contribution in [2.24, 2.45) is 5.92 Å². The third-order valence-corrected chi connectivity index (χ3v) is 8.59. The Bertz CT molecular complexity index is 966. The van der Waals surface area contributed by atoms with E-state index in [0.717, 1.165) is 5.92 Å². The summed E-state index contributed by atoms with van der Waals surface area (Å²) < 4.78 is 0. The van der Waals surface area contributed by atoms with Gasteiger partial charge in [-0.3, -0.25) is 4.90 Å². The maximum Gasteiger partial charge on any atom is 0.110 e. The number of nitrogens with zero attached hydrogens (tertiary/aromatic N) is 2. The minimum absolute atomic E-state index is 0.121. The fourth-order valence-corrected chi connectivity index (χ4v) is 6.89. The first kappa shape index (κ1) is 20.8. The van der Waals surface area contributed by atoms with Gasteiger partial charge in [-0.2, -0.15) is 0 Å². The maximum atomic E-state index is 2.90. The highest BCUT2D eigenvalue weighted by molar-refractivity contribution is 5.59. The molecule has 4 atom stereocenters. The van der Waals surface area contributed by atoms with Crippen LogP contribution in [0.1, 0.15) is 74.4 Å². The van der Waals surface area contributed by atoms with Crippen molar-refractivity contribution >= 4 is 5.69 Å². The first-order valence-electron chi connectivity index (χ1n) is 12.3. The van der Waals surface area contributed by atoms with E-state index in [2.05, 4.69) is 99.0 Å². The predicted molar refractivity (Wildman–Crippen MR) is 132 cm³/mol. The maximum absolute atomic E-state index is 2.90. The van der Waals surface area contributed by atoms with E-state index in [0.29, 0.717) is 12.1 Å². The number of para-hydroxylation sites is 1.